The standard InChI is InChI=1S/C22H19F2N3O3/c23-21(24)30-19-10-9-18(13-16(19)11-14-5-2-1-3-6-14)26-20(28)15-7-4-8-17(12-15)27-22(25)29/h1-10,12-13,21H,11H2,(H,26,28)(H3,25,27,29). The monoisotopic (exact) mass is 411 g/mol. The van der Waals surface area contributed by atoms with E-state index in [4.69, 9.17) is 5.73 Å². The Kier molecular flexibility index (Phi) is 6.59. The maximum Gasteiger partial charge on any atom is 0.387 e. The molecule has 0 fully saturated rings. The molecule has 0 saturated heterocycles. The molecule has 0 heterocycles. The number of hydrogen-bond acceptors (Lipinski definition) is 3. The van der Waals surface area contributed by atoms with Crippen LogP contribution in [0.15, 0.2) is 72.8 Å². The van der Waals surface area contributed by atoms with Crippen LogP contribution in [0.1, 0.15) is 21.5 Å². The quantitative estimate of drug-likeness (QED) is 0.530. The van der Waals surface area contributed by atoms with Crippen LogP contribution in [0.2, 0.25) is 0 Å². The number of carbonyl (C=O) groups is 2. The smallest absolute Gasteiger partial charge is 0.387 e. The summed E-state index contributed by atoms with van der Waals surface area (Å²) in [5, 5.41) is 5.12. The summed E-state index contributed by atoms with van der Waals surface area (Å²) in [4.78, 5) is 23.6. The summed E-state index contributed by atoms with van der Waals surface area (Å²) in [5.74, 6) is -0.393. The fourth-order valence-electron chi connectivity index (χ4n) is 2.91. The Morgan fingerprint density at radius 3 is 2.33 bits per heavy atom. The average Bonchev–Trinajstić information content (AvgIpc) is 2.70. The summed E-state index contributed by atoms with van der Waals surface area (Å²) in [7, 11) is 0. The Balaban J connectivity index is 1.82. The van der Waals surface area contributed by atoms with Gasteiger partial charge in [-0.25, -0.2) is 4.79 Å². The molecule has 0 aliphatic rings. The maximum absolute atomic E-state index is 12.8. The molecule has 3 amide bonds. The van der Waals surface area contributed by atoms with E-state index in [0.717, 1.165) is 5.56 Å². The van der Waals surface area contributed by atoms with E-state index in [0.29, 0.717) is 28.9 Å². The van der Waals surface area contributed by atoms with Crippen molar-refractivity contribution in [3.63, 3.8) is 0 Å². The van der Waals surface area contributed by atoms with Crippen LogP contribution < -0.4 is 21.1 Å². The lowest BCUT2D eigenvalue weighted by molar-refractivity contribution is -0.0503. The second-order valence-corrected chi connectivity index (χ2v) is 6.39. The average molecular weight is 411 g/mol. The lowest BCUT2D eigenvalue weighted by Crippen LogP contribution is -2.20. The first kappa shape index (κ1) is 20.8. The number of rotatable bonds is 7. The zero-order valence-corrected chi connectivity index (χ0v) is 15.8. The highest BCUT2D eigenvalue weighted by atomic mass is 19.3. The molecule has 4 N–H and O–H groups in total. The number of alkyl halides is 2. The van der Waals surface area contributed by atoms with Gasteiger partial charge < -0.3 is 21.1 Å². The number of primary amides is 1. The molecule has 0 atom stereocenters. The molecule has 0 aromatic heterocycles. The number of urea groups is 1. The predicted octanol–water partition coefficient (Wildman–Crippen LogP) is 4.62. The van der Waals surface area contributed by atoms with Crippen LogP contribution in [0.25, 0.3) is 0 Å². The number of benzene rings is 3. The molecular weight excluding hydrogens is 392 g/mol. The zero-order chi connectivity index (χ0) is 21.5. The molecule has 0 saturated carbocycles. The summed E-state index contributed by atoms with van der Waals surface area (Å²) in [6.07, 6.45) is 0.352. The Hall–Kier alpha value is -3.94. The van der Waals surface area contributed by atoms with E-state index in [-0.39, 0.29) is 5.75 Å². The second kappa shape index (κ2) is 9.51. The number of nitrogens with one attached hydrogen (secondary N) is 2. The maximum atomic E-state index is 12.8. The lowest BCUT2D eigenvalue weighted by atomic mass is 10.0. The molecule has 3 aromatic carbocycles. The van der Waals surface area contributed by atoms with Gasteiger partial charge in [0.05, 0.1) is 0 Å². The van der Waals surface area contributed by atoms with Gasteiger partial charge in [0.25, 0.3) is 5.91 Å². The van der Waals surface area contributed by atoms with E-state index >= 15 is 0 Å². The van der Waals surface area contributed by atoms with Crippen LogP contribution in [0.5, 0.6) is 5.75 Å². The molecule has 3 aromatic rings. The second-order valence-electron chi connectivity index (χ2n) is 6.39. The van der Waals surface area contributed by atoms with Crippen molar-refractivity contribution < 1.29 is 23.1 Å². The van der Waals surface area contributed by atoms with Gasteiger partial charge >= 0.3 is 12.6 Å². The minimum Gasteiger partial charge on any atom is -0.435 e. The lowest BCUT2D eigenvalue weighted by Gasteiger charge is -2.14. The molecule has 6 nitrogen and oxygen atoms in total. The first-order valence-electron chi connectivity index (χ1n) is 9.00. The molecule has 0 aliphatic carbocycles. The molecule has 154 valence electrons. The minimum atomic E-state index is -2.96. The minimum absolute atomic E-state index is 0.0412. The molecule has 30 heavy (non-hydrogen) atoms. The summed E-state index contributed by atoms with van der Waals surface area (Å²) in [5.41, 5.74) is 7.58. The van der Waals surface area contributed by atoms with E-state index in [1.807, 2.05) is 30.3 Å². The van der Waals surface area contributed by atoms with E-state index < -0.39 is 18.5 Å². The summed E-state index contributed by atoms with van der Waals surface area (Å²) >= 11 is 0. The third-order valence-electron chi connectivity index (χ3n) is 4.16. The number of amides is 3. The van der Waals surface area contributed by atoms with Crippen molar-refractivity contribution >= 4 is 23.3 Å². The van der Waals surface area contributed by atoms with Crippen molar-refractivity contribution in [3.05, 3.63) is 89.5 Å². The number of anilines is 2. The topological polar surface area (TPSA) is 93.5 Å². The van der Waals surface area contributed by atoms with Crippen molar-refractivity contribution in [2.24, 2.45) is 5.73 Å². The van der Waals surface area contributed by atoms with Gasteiger partial charge in [-0.2, -0.15) is 8.78 Å². The summed E-state index contributed by atoms with van der Waals surface area (Å²) in [6, 6.07) is 19.3. The van der Waals surface area contributed by atoms with Gasteiger partial charge in [0.2, 0.25) is 0 Å². The molecule has 0 spiro atoms. The van der Waals surface area contributed by atoms with Gasteiger partial charge in [-0.05, 0) is 42.0 Å². The van der Waals surface area contributed by atoms with Crippen LogP contribution in [0.3, 0.4) is 0 Å². The largest absolute Gasteiger partial charge is 0.435 e. The Morgan fingerprint density at radius 2 is 1.63 bits per heavy atom. The number of halogens is 2. The van der Waals surface area contributed by atoms with Gasteiger partial charge in [-0.15, -0.1) is 0 Å². The Morgan fingerprint density at radius 1 is 0.900 bits per heavy atom. The van der Waals surface area contributed by atoms with Crippen molar-refractivity contribution in [2.75, 3.05) is 10.6 Å². The van der Waals surface area contributed by atoms with Crippen LogP contribution in [-0.2, 0) is 6.42 Å². The van der Waals surface area contributed by atoms with Crippen molar-refractivity contribution in [1.29, 1.82) is 0 Å². The Bertz CT molecular complexity index is 1040. The van der Waals surface area contributed by atoms with Crippen LogP contribution in [-0.4, -0.2) is 18.5 Å². The molecule has 3 rings (SSSR count). The SMILES string of the molecule is NC(=O)Nc1cccc(C(=O)Nc2ccc(OC(F)F)c(Cc3ccccc3)c2)c1. The van der Waals surface area contributed by atoms with E-state index in [2.05, 4.69) is 15.4 Å². The van der Waals surface area contributed by atoms with Crippen LogP contribution in [0.4, 0.5) is 25.0 Å². The zero-order valence-electron chi connectivity index (χ0n) is 15.8. The summed E-state index contributed by atoms with van der Waals surface area (Å²) < 4.78 is 30.2. The van der Waals surface area contributed by atoms with Crippen molar-refractivity contribution in [3.8, 4) is 5.75 Å². The van der Waals surface area contributed by atoms with E-state index in [1.165, 1.54) is 18.2 Å². The highest BCUT2D eigenvalue weighted by Gasteiger charge is 2.13. The van der Waals surface area contributed by atoms with Gasteiger partial charge in [-0.3, -0.25) is 4.79 Å². The normalized spacial score (nSPS) is 10.5. The molecule has 8 heteroatoms. The molecule has 0 bridgehead atoms. The molecule has 0 unspecified atom stereocenters. The van der Waals surface area contributed by atoms with E-state index in [1.54, 1.807) is 24.3 Å². The molecular formula is C22H19F2N3O3. The fraction of sp³-hybridized carbons (Fsp3) is 0.0909. The van der Waals surface area contributed by atoms with Crippen LogP contribution >= 0.6 is 0 Å². The van der Waals surface area contributed by atoms with Crippen molar-refractivity contribution in [1.82, 2.24) is 0 Å². The number of hydrogen-bond donors (Lipinski definition) is 3. The highest BCUT2D eigenvalue weighted by Crippen LogP contribution is 2.27. The number of carbonyl (C=O) groups excluding carboxylic acids is 2. The van der Waals surface area contributed by atoms with Gasteiger partial charge in [0.1, 0.15) is 5.75 Å². The number of nitrogens with two attached hydrogens (primary N) is 1. The summed E-state index contributed by atoms with van der Waals surface area (Å²) in [6.45, 7) is -2.96. The fourth-order valence-corrected chi connectivity index (χ4v) is 2.91. The van der Waals surface area contributed by atoms with Crippen molar-refractivity contribution in [2.45, 2.75) is 13.0 Å². The third kappa shape index (κ3) is 5.78. The Labute approximate surface area is 171 Å². The first-order chi connectivity index (χ1) is 14.4. The third-order valence-corrected chi connectivity index (χ3v) is 4.16. The number of ether oxygens (including phenoxy) is 1. The van der Waals surface area contributed by atoms with Gasteiger partial charge in [-0.1, -0.05) is 36.4 Å². The molecule has 0 radical (unpaired) electrons. The molecule has 0 aliphatic heterocycles. The van der Waals surface area contributed by atoms with E-state index in [9.17, 15) is 18.4 Å². The van der Waals surface area contributed by atoms with Crippen LogP contribution in [0, 0.1) is 0 Å². The van der Waals surface area contributed by atoms with Gasteiger partial charge in [0, 0.05) is 28.9 Å². The highest BCUT2D eigenvalue weighted by molar-refractivity contribution is 6.05. The van der Waals surface area contributed by atoms with Gasteiger partial charge in [0.15, 0.2) is 0 Å². The predicted molar refractivity (Wildman–Crippen MR) is 110 cm³/mol. The first-order valence-corrected chi connectivity index (χ1v) is 9.00.